The van der Waals surface area contributed by atoms with E-state index in [1.807, 2.05) is 48.7 Å². The highest BCUT2D eigenvalue weighted by Crippen LogP contribution is 2.29. The van der Waals surface area contributed by atoms with Crippen LogP contribution in [0.5, 0.6) is 17.2 Å². The summed E-state index contributed by atoms with van der Waals surface area (Å²) in [5.74, 6) is 2.63. The molecule has 7 heteroatoms. The molecular weight excluding hydrogens is 376 g/mol. The zero-order chi connectivity index (χ0) is 20.4. The first-order valence-corrected chi connectivity index (χ1v) is 10.4. The molecule has 0 bridgehead atoms. The van der Waals surface area contributed by atoms with Gasteiger partial charge in [-0.05, 0) is 53.8 Å². The van der Waals surface area contributed by atoms with Gasteiger partial charge in [-0.25, -0.2) is 0 Å². The number of carbonyl (C=O) groups is 1. The summed E-state index contributed by atoms with van der Waals surface area (Å²) in [7, 11) is 3.25. The first-order chi connectivity index (χ1) is 13.6. The molecule has 1 atom stereocenters. The Bertz CT molecular complexity index is 770. The van der Waals surface area contributed by atoms with E-state index >= 15 is 0 Å². The van der Waals surface area contributed by atoms with Gasteiger partial charge in [0.15, 0.2) is 11.5 Å². The second-order valence-electron chi connectivity index (χ2n) is 6.24. The SMILES string of the molecule is COc1cccc(COc2ccc(CNC(CCSC)C(N)=O)cc2OC)c1. The van der Waals surface area contributed by atoms with Crippen molar-refractivity contribution in [2.24, 2.45) is 5.73 Å². The van der Waals surface area contributed by atoms with E-state index < -0.39 is 0 Å². The maximum atomic E-state index is 11.6. The number of amides is 1. The molecule has 1 amide bonds. The second-order valence-corrected chi connectivity index (χ2v) is 7.23. The van der Waals surface area contributed by atoms with E-state index in [0.717, 1.165) is 22.6 Å². The van der Waals surface area contributed by atoms with E-state index in [0.29, 0.717) is 31.1 Å². The molecule has 2 aromatic carbocycles. The van der Waals surface area contributed by atoms with Gasteiger partial charge in [-0.1, -0.05) is 18.2 Å². The normalized spacial score (nSPS) is 11.7. The Morgan fingerprint density at radius 2 is 1.93 bits per heavy atom. The number of ether oxygens (including phenoxy) is 3. The molecule has 28 heavy (non-hydrogen) atoms. The highest BCUT2D eigenvalue weighted by atomic mass is 32.2. The Labute approximate surface area is 170 Å². The maximum Gasteiger partial charge on any atom is 0.234 e. The third kappa shape index (κ3) is 6.65. The minimum Gasteiger partial charge on any atom is -0.497 e. The largest absolute Gasteiger partial charge is 0.497 e. The molecule has 0 saturated carbocycles. The van der Waals surface area contributed by atoms with Crippen LogP contribution < -0.4 is 25.3 Å². The molecule has 0 aliphatic rings. The fourth-order valence-corrected chi connectivity index (χ4v) is 3.16. The molecule has 0 aliphatic carbocycles. The number of benzene rings is 2. The smallest absolute Gasteiger partial charge is 0.234 e. The van der Waals surface area contributed by atoms with Gasteiger partial charge in [0.25, 0.3) is 0 Å². The molecule has 0 heterocycles. The van der Waals surface area contributed by atoms with Crippen LogP contribution in [0.4, 0.5) is 0 Å². The number of nitrogens with two attached hydrogens (primary N) is 1. The standard InChI is InChI=1S/C21H28N2O4S/c1-25-17-6-4-5-16(11-17)14-27-19-8-7-15(12-20(19)26-2)13-23-18(21(22)24)9-10-28-3/h4-8,11-12,18,23H,9-10,13-14H2,1-3H3,(H2,22,24). The molecule has 0 spiro atoms. The van der Waals surface area contributed by atoms with Gasteiger partial charge >= 0.3 is 0 Å². The summed E-state index contributed by atoms with van der Waals surface area (Å²) >= 11 is 1.69. The molecule has 2 rings (SSSR count). The number of rotatable bonds is 12. The number of nitrogens with one attached hydrogen (secondary N) is 1. The molecule has 0 radical (unpaired) electrons. The summed E-state index contributed by atoms with van der Waals surface area (Å²) in [5, 5.41) is 3.21. The van der Waals surface area contributed by atoms with Crippen LogP contribution in [0.1, 0.15) is 17.5 Å². The van der Waals surface area contributed by atoms with E-state index in [1.165, 1.54) is 0 Å². The van der Waals surface area contributed by atoms with Crippen LogP contribution in [0.3, 0.4) is 0 Å². The van der Waals surface area contributed by atoms with Crippen molar-refractivity contribution in [3.63, 3.8) is 0 Å². The van der Waals surface area contributed by atoms with Gasteiger partial charge in [-0.3, -0.25) is 4.79 Å². The Balaban J connectivity index is 1.99. The monoisotopic (exact) mass is 404 g/mol. The van der Waals surface area contributed by atoms with Crippen molar-refractivity contribution in [2.45, 2.75) is 25.6 Å². The van der Waals surface area contributed by atoms with E-state index in [4.69, 9.17) is 19.9 Å². The van der Waals surface area contributed by atoms with E-state index in [1.54, 1.807) is 26.0 Å². The fourth-order valence-electron chi connectivity index (χ4n) is 2.69. The van der Waals surface area contributed by atoms with Crippen molar-refractivity contribution >= 4 is 17.7 Å². The van der Waals surface area contributed by atoms with Crippen LogP contribution in [-0.2, 0) is 17.9 Å². The summed E-state index contributed by atoms with van der Waals surface area (Å²) in [6.07, 6.45) is 2.71. The van der Waals surface area contributed by atoms with Gasteiger partial charge in [0.05, 0.1) is 20.3 Å². The number of thioether (sulfide) groups is 1. The first-order valence-electron chi connectivity index (χ1n) is 9.01. The zero-order valence-electron chi connectivity index (χ0n) is 16.6. The quantitative estimate of drug-likeness (QED) is 0.566. The lowest BCUT2D eigenvalue weighted by Crippen LogP contribution is -2.41. The zero-order valence-corrected chi connectivity index (χ0v) is 17.4. The maximum absolute atomic E-state index is 11.6. The molecule has 0 fully saturated rings. The molecule has 1 unspecified atom stereocenters. The van der Waals surface area contributed by atoms with Gasteiger partial charge in [0.1, 0.15) is 12.4 Å². The van der Waals surface area contributed by atoms with Crippen LogP contribution in [0, 0.1) is 0 Å². The Morgan fingerprint density at radius 3 is 2.61 bits per heavy atom. The van der Waals surface area contributed by atoms with Crippen LogP contribution in [0.15, 0.2) is 42.5 Å². The van der Waals surface area contributed by atoms with Crippen LogP contribution in [0.25, 0.3) is 0 Å². The Morgan fingerprint density at radius 1 is 1.11 bits per heavy atom. The average Bonchev–Trinajstić information content (AvgIpc) is 2.72. The lowest BCUT2D eigenvalue weighted by Gasteiger charge is -2.16. The van der Waals surface area contributed by atoms with Gasteiger partial charge in [-0.2, -0.15) is 11.8 Å². The third-order valence-corrected chi connectivity index (χ3v) is 4.91. The fraction of sp³-hybridized carbons (Fsp3) is 0.381. The molecule has 152 valence electrons. The first kappa shape index (κ1) is 21.9. The Kier molecular flexibility index (Phi) is 8.97. The predicted molar refractivity (Wildman–Crippen MR) is 113 cm³/mol. The van der Waals surface area contributed by atoms with Crippen molar-refractivity contribution < 1.29 is 19.0 Å². The van der Waals surface area contributed by atoms with E-state index in [2.05, 4.69) is 5.32 Å². The van der Waals surface area contributed by atoms with Crippen molar-refractivity contribution in [3.05, 3.63) is 53.6 Å². The minimum atomic E-state index is -0.345. The van der Waals surface area contributed by atoms with E-state index in [-0.39, 0.29) is 11.9 Å². The summed E-state index contributed by atoms with van der Waals surface area (Å²) in [6, 6.07) is 13.1. The number of primary amides is 1. The highest BCUT2D eigenvalue weighted by Gasteiger charge is 2.14. The number of methoxy groups -OCH3 is 2. The minimum absolute atomic E-state index is 0.334. The van der Waals surface area contributed by atoms with E-state index in [9.17, 15) is 4.79 Å². The van der Waals surface area contributed by atoms with Crippen molar-refractivity contribution in [1.82, 2.24) is 5.32 Å². The number of hydrogen-bond acceptors (Lipinski definition) is 6. The average molecular weight is 405 g/mol. The lowest BCUT2D eigenvalue weighted by molar-refractivity contribution is -0.120. The van der Waals surface area contributed by atoms with Crippen molar-refractivity contribution in [3.8, 4) is 17.2 Å². The summed E-state index contributed by atoms with van der Waals surface area (Å²) in [5.41, 5.74) is 7.46. The molecule has 6 nitrogen and oxygen atoms in total. The molecule has 2 aromatic rings. The van der Waals surface area contributed by atoms with Gasteiger partial charge in [0.2, 0.25) is 5.91 Å². The molecule has 0 aliphatic heterocycles. The van der Waals surface area contributed by atoms with Gasteiger partial charge < -0.3 is 25.3 Å². The number of hydrogen-bond donors (Lipinski definition) is 2. The second kappa shape index (κ2) is 11.5. The summed E-state index contributed by atoms with van der Waals surface area (Å²) in [6.45, 7) is 0.929. The van der Waals surface area contributed by atoms with Crippen LogP contribution in [0.2, 0.25) is 0 Å². The lowest BCUT2D eigenvalue weighted by atomic mass is 10.1. The summed E-state index contributed by atoms with van der Waals surface area (Å²) in [4.78, 5) is 11.6. The highest BCUT2D eigenvalue weighted by molar-refractivity contribution is 7.98. The van der Waals surface area contributed by atoms with Crippen molar-refractivity contribution in [1.29, 1.82) is 0 Å². The summed E-state index contributed by atoms with van der Waals surface area (Å²) < 4.78 is 16.6. The van der Waals surface area contributed by atoms with Gasteiger partial charge in [0, 0.05) is 6.54 Å². The van der Waals surface area contributed by atoms with Crippen LogP contribution in [-0.4, -0.2) is 38.2 Å². The molecule has 0 saturated heterocycles. The van der Waals surface area contributed by atoms with Crippen molar-refractivity contribution in [2.75, 3.05) is 26.2 Å². The number of carbonyl (C=O) groups excluding carboxylic acids is 1. The third-order valence-electron chi connectivity index (χ3n) is 4.26. The predicted octanol–water partition coefficient (Wildman–Crippen LogP) is 2.98. The Hall–Kier alpha value is -2.38. The topological polar surface area (TPSA) is 82.8 Å². The van der Waals surface area contributed by atoms with Crippen LogP contribution >= 0.6 is 11.8 Å². The molecule has 3 N–H and O–H groups in total. The molecule has 0 aromatic heterocycles. The molecular formula is C21H28N2O4S. The van der Waals surface area contributed by atoms with Gasteiger partial charge in [-0.15, -0.1) is 0 Å².